The van der Waals surface area contributed by atoms with Gasteiger partial charge >= 0.3 is 0 Å². The standard InChI is InChI=1S/C22H30ClN3O2/c1-28-12-11-26-20-8-7-18(23)13-17(20)14-21(26)22(27)24-15-16-5-4-10-25-9-3-2-6-19(16)25/h7-8,13-14,16,19H,2-6,9-12,15H2,1H3,(H,24,27)/t16-,19+/m0/s1. The van der Waals surface area contributed by atoms with E-state index in [2.05, 4.69) is 10.2 Å². The van der Waals surface area contributed by atoms with E-state index in [0.717, 1.165) is 17.4 Å². The second-order valence-electron chi connectivity index (χ2n) is 8.09. The number of hydrogen-bond donors (Lipinski definition) is 1. The number of hydrogen-bond acceptors (Lipinski definition) is 3. The molecule has 2 aliphatic heterocycles. The highest BCUT2D eigenvalue weighted by molar-refractivity contribution is 6.31. The van der Waals surface area contributed by atoms with Crippen LogP contribution in [0.4, 0.5) is 0 Å². The summed E-state index contributed by atoms with van der Waals surface area (Å²) >= 11 is 6.15. The number of benzene rings is 1. The topological polar surface area (TPSA) is 46.5 Å². The molecular weight excluding hydrogens is 374 g/mol. The van der Waals surface area contributed by atoms with Crippen molar-refractivity contribution >= 4 is 28.4 Å². The number of fused-ring (bicyclic) bond motifs is 2. The summed E-state index contributed by atoms with van der Waals surface area (Å²) in [6.45, 7) is 4.41. The normalized spacial score (nSPS) is 22.9. The lowest BCUT2D eigenvalue weighted by atomic mass is 9.83. The smallest absolute Gasteiger partial charge is 0.267 e. The Morgan fingerprint density at radius 2 is 2.07 bits per heavy atom. The number of halogens is 1. The van der Waals surface area contributed by atoms with Crippen LogP contribution in [0.2, 0.25) is 5.02 Å². The van der Waals surface area contributed by atoms with Gasteiger partial charge in [0.25, 0.3) is 5.91 Å². The van der Waals surface area contributed by atoms with E-state index < -0.39 is 0 Å². The molecule has 1 aromatic carbocycles. The molecule has 3 heterocycles. The zero-order chi connectivity index (χ0) is 19.5. The van der Waals surface area contributed by atoms with Crippen LogP contribution in [0.3, 0.4) is 0 Å². The average molecular weight is 404 g/mol. The molecule has 5 nitrogen and oxygen atoms in total. The van der Waals surface area contributed by atoms with E-state index >= 15 is 0 Å². The van der Waals surface area contributed by atoms with Crippen molar-refractivity contribution in [2.45, 2.75) is 44.7 Å². The van der Waals surface area contributed by atoms with Gasteiger partial charge in [-0.1, -0.05) is 18.0 Å². The SMILES string of the molecule is COCCn1c(C(=O)NC[C@@H]2CCCN3CCCC[C@H]23)cc2cc(Cl)ccc21. The summed E-state index contributed by atoms with van der Waals surface area (Å²) < 4.78 is 7.29. The van der Waals surface area contributed by atoms with Gasteiger partial charge in [0.1, 0.15) is 5.69 Å². The summed E-state index contributed by atoms with van der Waals surface area (Å²) in [6, 6.07) is 8.35. The molecule has 2 saturated heterocycles. The maximum atomic E-state index is 13.1. The van der Waals surface area contributed by atoms with E-state index in [0.29, 0.717) is 35.8 Å². The second kappa shape index (κ2) is 8.85. The quantitative estimate of drug-likeness (QED) is 0.794. The van der Waals surface area contributed by atoms with Crippen molar-refractivity contribution < 1.29 is 9.53 Å². The summed E-state index contributed by atoms with van der Waals surface area (Å²) in [5.41, 5.74) is 1.70. The lowest BCUT2D eigenvalue weighted by Gasteiger charge is -2.44. The molecule has 0 bridgehead atoms. The summed E-state index contributed by atoms with van der Waals surface area (Å²) in [4.78, 5) is 15.7. The molecule has 152 valence electrons. The number of carbonyl (C=O) groups excluding carboxylic acids is 1. The Labute approximate surface area is 172 Å². The first-order chi connectivity index (χ1) is 13.7. The number of nitrogens with zero attached hydrogens (tertiary/aromatic N) is 2. The molecule has 0 aliphatic carbocycles. The number of piperidine rings is 2. The second-order valence-corrected chi connectivity index (χ2v) is 8.53. The summed E-state index contributed by atoms with van der Waals surface area (Å²) in [5, 5.41) is 4.91. The predicted octanol–water partition coefficient (Wildman–Crippen LogP) is 3.94. The van der Waals surface area contributed by atoms with Crippen molar-refractivity contribution in [2.24, 2.45) is 5.92 Å². The number of carbonyl (C=O) groups is 1. The van der Waals surface area contributed by atoms with E-state index in [4.69, 9.17) is 16.3 Å². The Bertz CT molecular complexity index is 833. The molecule has 0 saturated carbocycles. The maximum absolute atomic E-state index is 13.1. The monoisotopic (exact) mass is 403 g/mol. The highest BCUT2D eigenvalue weighted by Crippen LogP contribution is 2.30. The Hall–Kier alpha value is -1.56. The minimum absolute atomic E-state index is 0.00337. The summed E-state index contributed by atoms with van der Waals surface area (Å²) in [5.74, 6) is 0.556. The zero-order valence-corrected chi connectivity index (χ0v) is 17.4. The van der Waals surface area contributed by atoms with E-state index in [9.17, 15) is 4.79 Å². The number of amides is 1. The third-order valence-electron chi connectivity index (χ3n) is 6.37. The van der Waals surface area contributed by atoms with Gasteiger partial charge in [-0.2, -0.15) is 0 Å². The van der Waals surface area contributed by atoms with Gasteiger partial charge in [0.05, 0.1) is 6.61 Å². The number of methoxy groups -OCH3 is 1. The van der Waals surface area contributed by atoms with Gasteiger partial charge in [-0.25, -0.2) is 0 Å². The van der Waals surface area contributed by atoms with Gasteiger partial charge < -0.3 is 19.5 Å². The fourth-order valence-electron chi connectivity index (χ4n) is 4.98. The van der Waals surface area contributed by atoms with Crippen LogP contribution in [0.15, 0.2) is 24.3 Å². The molecule has 1 aromatic heterocycles. The van der Waals surface area contributed by atoms with Crippen molar-refractivity contribution in [3.05, 3.63) is 35.0 Å². The number of aromatic nitrogens is 1. The van der Waals surface area contributed by atoms with Gasteiger partial charge in [-0.05, 0) is 69.0 Å². The molecule has 2 aromatic rings. The summed E-state index contributed by atoms with van der Waals surface area (Å²) in [7, 11) is 1.68. The third kappa shape index (κ3) is 4.07. The van der Waals surface area contributed by atoms with Crippen LogP contribution in [0.5, 0.6) is 0 Å². The lowest BCUT2D eigenvalue weighted by molar-refractivity contribution is 0.0574. The van der Waals surface area contributed by atoms with Crippen molar-refractivity contribution in [2.75, 3.05) is 33.4 Å². The first-order valence-electron chi connectivity index (χ1n) is 10.5. The largest absolute Gasteiger partial charge is 0.383 e. The molecule has 4 rings (SSSR count). The van der Waals surface area contributed by atoms with Crippen LogP contribution in [-0.2, 0) is 11.3 Å². The summed E-state index contributed by atoms with van der Waals surface area (Å²) in [6.07, 6.45) is 6.36. The zero-order valence-electron chi connectivity index (χ0n) is 16.6. The molecule has 1 N–H and O–H groups in total. The minimum Gasteiger partial charge on any atom is -0.383 e. The Morgan fingerprint density at radius 3 is 2.93 bits per heavy atom. The number of ether oxygens (including phenoxy) is 1. The number of rotatable bonds is 6. The molecule has 0 spiro atoms. The van der Waals surface area contributed by atoms with Gasteiger partial charge in [0.2, 0.25) is 0 Å². The molecule has 0 unspecified atom stereocenters. The van der Waals surface area contributed by atoms with Gasteiger partial charge in [0.15, 0.2) is 0 Å². The molecule has 28 heavy (non-hydrogen) atoms. The molecule has 2 fully saturated rings. The van der Waals surface area contributed by atoms with E-state index in [1.807, 2.05) is 28.8 Å². The van der Waals surface area contributed by atoms with E-state index in [1.165, 1.54) is 45.2 Å². The van der Waals surface area contributed by atoms with Crippen LogP contribution >= 0.6 is 11.6 Å². The highest BCUT2D eigenvalue weighted by atomic mass is 35.5. The Morgan fingerprint density at radius 1 is 1.21 bits per heavy atom. The van der Waals surface area contributed by atoms with Crippen molar-refractivity contribution in [3.8, 4) is 0 Å². The van der Waals surface area contributed by atoms with Crippen LogP contribution in [0.25, 0.3) is 10.9 Å². The average Bonchev–Trinajstić information content (AvgIpc) is 3.08. The number of nitrogens with one attached hydrogen (secondary N) is 1. The van der Waals surface area contributed by atoms with Crippen LogP contribution < -0.4 is 5.32 Å². The van der Waals surface area contributed by atoms with Crippen LogP contribution in [-0.4, -0.2) is 54.8 Å². The highest BCUT2D eigenvalue weighted by Gasteiger charge is 2.33. The minimum atomic E-state index is -0.00337. The fourth-order valence-corrected chi connectivity index (χ4v) is 5.16. The van der Waals surface area contributed by atoms with E-state index in [-0.39, 0.29) is 5.91 Å². The van der Waals surface area contributed by atoms with Crippen LogP contribution in [0.1, 0.15) is 42.6 Å². The van der Waals surface area contributed by atoms with Gasteiger partial charge in [-0.15, -0.1) is 0 Å². The Balaban J connectivity index is 1.50. The van der Waals surface area contributed by atoms with Crippen molar-refractivity contribution in [1.29, 1.82) is 0 Å². The molecular formula is C22H30ClN3O2. The first kappa shape index (κ1) is 19.7. The van der Waals surface area contributed by atoms with Crippen molar-refractivity contribution in [3.63, 3.8) is 0 Å². The van der Waals surface area contributed by atoms with E-state index in [1.54, 1.807) is 7.11 Å². The first-order valence-corrected chi connectivity index (χ1v) is 10.8. The molecule has 2 aliphatic rings. The fraction of sp³-hybridized carbons (Fsp3) is 0.591. The van der Waals surface area contributed by atoms with Crippen LogP contribution in [0, 0.1) is 5.92 Å². The lowest BCUT2D eigenvalue weighted by Crippen LogP contribution is -2.51. The van der Waals surface area contributed by atoms with Gasteiger partial charge in [-0.3, -0.25) is 4.79 Å². The molecule has 2 atom stereocenters. The Kier molecular flexibility index (Phi) is 6.24. The van der Waals surface area contributed by atoms with Crippen molar-refractivity contribution in [1.82, 2.24) is 14.8 Å². The molecule has 6 heteroatoms. The molecule has 1 amide bonds. The predicted molar refractivity (Wildman–Crippen MR) is 113 cm³/mol. The molecule has 0 radical (unpaired) electrons. The third-order valence-corrected chi connectivity index (χ3v) is 6.60. The maximum Gasteiger partial charge on any atom is 0.267 e. The van der Waals surface area contributed by atoms with Gasteiger partial charge in [0, 0.05) is 42.2 Å².